The van der Waals surface area contributed by atoms with E-state index in [4.69, 9.17) is 15.7 Å². The van der Waals surface area contributed by atoms with Gasteiger partial charge in [0, 0.05) is 18.1 Å². The van der Waals surface area contributed by atoms with Crippen molar-refractivity contribution in [1.82, 2.24) is 9.97 Å². The van der Waals surface area contributed by atoms with Gasteiger partial charge in [0.2, 0.25) is 5.69 Å². The van der Waals surface area contributed by atoms with E-state index in [1.165, 1.54) is 12.4 Å². The molecule has 17 heavy (non-hydrogen) atoms. The summed E-state index contributed by atoms with van der Waals surface area (Å²) in [6.07, 6.45) is 2.94. The molecule has 2 aromatic rings. The number of rotatable bonds is 3. The largest absolute Gasteiger partial charge is 0.471 e. The second-order valence-corrected chi connectivity index (χ2v) is 3.35. The summed E-state index contributed by atoms with van der Waals surface area (Å²) in [5.74, 6) is 0.242. The van der Waals surface area contributed by atoms with Crippen LogP contribution in [0, 0.1) is 11.3 Å². The van der Waals surface area contributed by atoms with Crippen molar-refractivity contribution in [1.29, 1.82) is 5.26 Å². The van der Waals surface area contributed by atoms with E-state index in [0.717, 1.165) is 5.56 Å². The van der Waals surface area contributed by atoms with Crippen LogP contribution in [0.4, 0.5) is 5.69 Å². The molecule has 2 N–H and O–H groups in total. The Morgan fingerprint density at radius 1 is 1.18 bits per heavy atom. The molecule has 0 saturated heterocycles. The highest BCUT2D eigenvalue weighted by Gasteiger charge is 2.05. The summed E-state index contributed by atoms with van der Waals surface area (Å²) >= 11 is 0. The lowest BCUT2D eigenvalue weighted by atomic mass is 10.2. The van der Waals surface area contributed by atoms with E-state index in [9.17, 15) is 0 Å². The summed E-state index contributed by atoms with van der Waals surface area (Å²) in [5, 5.41) is 8.80. The SMILES string of the molecule is N#Cc1nccnc1OCc1ccc(N)cc1. The molecule has 0 atom stereocenters. The zero-order chi connectivity index (χ0) is 12.1. The van der Waals surface area contributed by atoms with Crippen molar-refractivity contribution < 1.29 is 4.74 Å². The van der Waals surface area contributed by atoms with Crippen molar-refractivity contribution in [3.05, 3.63) is 47.9 Å². The topological polar surface area (TPSA) is 84.8 Å². The first-order chi connectivity index (χ1) is 8.29. The molecule has 0 unspecified atom stereocenters. The van der Waals surface area contributed by atoms with Gasteiger partial charge in [-0.3, -0.25) is 0 Å². The number of nitrogen functional groups attached to an aromatic ring is 1. The van der Waals surface area contributed by atoms with Gasteiger partial charge in [-0.1, -0.05) is 12.1 Å². The van der Waals surface area contributed by atoms with Crippen LogP contribution in [0.1, 0.15) is 11.3 Å². The molecule has 2 rings (SSSR count). The van der Waals surface area contributed by atoms with Gasteiger partial charge in [-0.15, -0.1) is 0 Å². The van der Waals surface area contributed by atoms with Crippen LogP contribution < -0.4 is 10.5 Å². The third kappa shape index (κ3) is 2.69. The minimum absolute atomic E-state index is 0.183. The third-order valence-corrected chi connectivity index (χ3v) is 2.13. The molecule has 84 valence electrons. The van der Waals surface area contributed by atoms with Crippen molar-refractivity contribution in [2.24, 2.45) is 0 Å². The Labute approximate surface area is 98.5 Å². The third-order valence-electron chi connectivity index (χ3n) is 2.13. The van der Waals surface area contributed by atoms with Gasteiger partial charge in [0.1, 0.15) is 12.7 Å². The first kappa shape index (κ1) is 10.9. The summed E-state index contributed by atoms with van der Waals surface area (Å²) in [7, 11) is 0. The van der Waals surface area contributed by atoms with Gasteiger partial charge in [0.05, 0.1) is 0 Å². The van der Waals surface area contributed by atoms with Gasteiger partial charge in [-0.25, -0.2) is 9.97 Å². The predicted molar refractivity (Wildman–Crippen MR) is 61.9 cm³/mol. The number of nitrogens with zero attached hydrogens (tertiary/aromatic N) is 3. The maximum Gasteiger partial charge on any atom is 0.251 e. The Balaban J connectivity index is 2.08. The van der Waals surface area contributed by atoms with E-state index in [0.29, 0.717) is 12.3 Å². The lowest BCUT2D eigenvalue weighted by Crippen LogP contribution is -2.00. The van der Waals surface area contributed by atoms with Crippen LogP contribution in [-0.2, 0) is 6.61 Å². The van der Waals surface area contributed by atoms with E-state index < -0.39 is 0 Å². The molecular formula is C12H10N4O. The molecular weight excluding hydrogens is 216 g/mol. The van der Waals surface area contributed by atoms with E-state index in [1.54, 1.807) is 12.1 Å². The van der Waals surface area contributed by atoms with Crippen LogP contribution in [0.5, 0.6) is 5.88 Å². The molecule has 0 aliphatic heterocycles. The van der Waals surface area contributed by atoms with Crippen molar-refractivity contribution in [2.75, 3.05) is 5.73 Å². The molecule has 0 bridgehead atoms. The molecule has 0 fully saturated rings. The average Bonchev–Trinajstić information content (AvgIpc) is 2.38. The molecule has 0 amide bonds. The molecule has 0 saturated carbocycles. The molecule has 0 aliphatic rings. The first-order valence-corrected chi connectivity index (χ1v) is 4.98. The number of hydrogen-bond acceptors (Lipinski definition) is 5. The normalized spacial score (nSPS) is 9.59. The zero-order valence-corrected chi connectivity index (χ0v) is 9.00. The maximum atomic E-state index is 8.80. The summed E-state index contributed by atoms with van der Waals surface area (Å²) in [6, 6.07) is 9.22. The number of anilines is 1. The van der Waals surface area contributed by atoms with Crippen molar-refractivity contribution in [2.45, 2.75) is 6.61 Å². The maximum absolute atomic E-state index is 8.80. The molecule has 1 aromatic heterocycles. The number of nitriles is 1. The molecule has 0 spiro atoms. The highest BCUT2D eigenvalue weighted by Crippen LogP contribution is 2.13. The van der Waals surface area contributed by atoms with Crippen molar-refractivity contribution in [3.8, 4) is 11.9 Å². The average molecular weight is 226 g/mol. The number of ether oxygens (including phenoxy) is 1. The standard InChI is InChI=1S/C12H10N4O/c13-7-11-12(16-6-5-15-11)17-8-9-1-3-10(14)4-2-9/h1-6H,8,14H2. The van der Waals surface area contributed by atoms with Gasteiger partial charge in [0.15, 0.2) is 0 Å². The molecule has 0 aliphatic carbocycles. The lowest BCUT2D eigenvalue weighted by molar-refractivity contribution is 0.291. The van der Waals surface area contributed by atoms with Crippen LogP contribution in [0.2, 0.25) is 0 Å². The molecule has 1 heterocycles. The van der Waals surface area contributed by atoms with Crippen LogP contribution >= 0.6 is 0 Å². The van der Waals surface area contributed by atoms with Crippen LogP contribution in [0.15, 0.2) is 36.7 Å². The zero-order valence-electron chi connectivity index (χ0n) is 9.00. The number of benzene rings is 1. The van der Waals surface area contributed by atoms with E-state index >= 15 is 0 Å². The fourth-order valence-electron chi connectivity index (χ4n) is 1.27. The van der Waals surface area contributed by atoms with Gasteiger partial charge >= 0.3 is 0 Å². The van der Waals surface area contributed by atoms with Gasteiger partial charge in [0.25, 0.3) is 5.88 Å². The van der Waals surface area contributed by atoms with Gasteiger partial charge in [-0.05, 0) is 17.7 Å². The Bertz CT molecular complexity index is 545. The Morgan fingerprint density at radius 3 is 2.59 bits per heavy atom. The number of hydrogen-bond donors (Lipinski definition) is 1. The number of aromatic nitrogens is 2. The van der Waals surface area contributed by atoms with Gasteiger partial charge in [-0.2, -0.15) is 5.26 Å². The van der Waals surface area contributed by atoms with Crippen LogP contribution in [0.25, 0.3) is 0 Å². The van der Waals surface area contributed by atoms with E-state index in [-0.39, 0.29) is 11.6 Å². The highest BCUT2D eigenvalue weighted by atomic mass is 16.5. The summed E-state index contributed by atoms with van der Waals surface area (Å²) in [4.78, 5) is 7.81. The fraction of sp³-hybridized carbons (Fsp3) is 0.0833. The molecule has 1 aromatic carbocycles. The second kappa shape index (κ2) is 4.94. The van der Waals surface area contributed by atoms with Crippen molar-refractivity contribution in [3.63, 3.8) is 0 Å². The summed E-state index contributed by atoms with van der Waals surface area (Å²) in [6.45, 7) is 0.327. The van der Waals surface area contributed by atoms with E-state index in [1.807, 2.05) is 18.2 Å². The van der Waals surface area contributed by atoms with Crippen LogP contribution in [0.3, 0.4) is 0 Å². The van der Waals surface area contributed by atoms with E-state index in [2.05, 4.69) is 9.97 Å². The number of nitrogens with two attached hydrogens (primary N) is 1. The molecule has 5 nitrogen and oxygen atoms in total. The quantitative estimate of drug-likeness (QED) is 0.802. The summed E-state index contributed by atoms with van der Waals surface area (Å²) in [5.41, 5.74) is 7.41. The van der Waals surface area contributed by atoms with Gasteiger partial charge < -0.3 is 10.5 Å². The molecule has 0 radical (unpaired) electrons. The minimum atomic E-state index is 0.183. The Kier molecular flexibility index (Phi) is 3.17. The second-order valence-electron chi connectivity index (χ2n) is 3.35. The van der Waals surface area contributed by atoms with Crippen molar-refractivity contribution >= 4 is 5.69 Å². The first-order valence-electron chi connectivity index (χ1n) is 4.98. The Hall–Kier alpha value is -2.61. The highest BCUT2D eigenvalue weighted by molar-refractivity contribution is 5.39. The summed E-state index contributed by atoms with van der Waals surface area (Å²) < 4.78 is 5.42. The fourth-order valence-corrected chi connectivity index (χ4v) is 1.27. The lowest BCUT2D eigenvalue weighted by Gasteiger charge is -2.05. The monoisotopic (exact) mass is 226 g/mol. The Morgan fingerprint density at radius 2 is 1.88 bits per heavy atom. The predicted octanol–water partition coefficient (Wildman–Crippen LogP) is 1.51. The van der Waals surface area contributed by atoms with Crippen LogP contribution in [-0.4, -0.2) is 9.97 Å². The minimum Gasteiger partial charge on any atom is -0.471 e. The molecule has 5 heteroatoms. The smallest absolute Gasteiger partial charge is 0.251 e.